The minimum Gasteiger partial charge on any atom is -0.366 e. The summed E-state index contributed by atoms with van der Waals surface area (Å²) in [5.74, 6) is -0.135. The van der Waals surface area contributed by atoms with Crippen molar-refractivity contribution in [3.63, 3.8) is 0 Å². The van der Waals surface area contributed by atoms with E-state index in [1.165, 1.54) is 5.56 Å². The molecule has 106 valence electrons. The van der Waals surface area contributed by atoms with Gasteiger partial charge in [-0.05, 0) is 52.4 Å². The van der Waals surface area contributed by atoms with Crippen LogP contribution in [-0.4, -0.2) is 25.2 Å². The van der Waals surface area contributed by atoms with Gasteiger partial charge in [-0.25, -0.2) is 0 Å². The van der Waals surface area contributed by atoms with E-state index in [0.29, 0.717) is 6.04 Å². The van der Waals surface area contributed by atoms with Gasteiger partial charge in [-0.2, -0.15) is 0 Å². The molecule has 0 radical (unpaired) electrons. The summed E-state index contributed by atoms with van der Waals surface area (Å²) in [5, 5.41) is 5.99. The van der Waals surface area contributed by atoms with Crippen molar-refractivity contribution >= 4 is 11.6 Å². The third kappa shape index (κ3) is 5.85. The number of hydrogen-bond acceptors (Lipinski definition) is 3. The minimum absolute atomic E-state index is 0.0676. The van der Waals surface area contributed by atoms with Crippen molar-refractivity contribution in [1.82, 2.24) is 5.32 Å². The van der Waals surface area contributed by atoms with E-state index in [-0.39, 0.29) is 18.1 Å². The zero-order valence-electron chi connectivity index (χ0n) is 12.4. The topological polar surface area (TPSA) is 50.4 Å². The highest BCUT2D eigenvalue weighted by Crippen LogP contribution is 2.15. The summed E-state index contributed by atoms with van der Waals surface area (Å²) in [6, 6.07) is 8.10. The maximum Gasteiger partial charge on any atom is 0.250 e. The first-order valence-corrected chi connectivity index (χ1v) is 6.53. The molecule has 0 fully saturated rings. The van der Waals surface area contributed by atoms with Crippen LogP contribution in [0.2, 0.25) is 0 Å². The van der Waals surface area contributed by atoms with Crippen LogP contribution >= 0.6 is 0 Å². The van der Waals surface area contributed by atoms with Crippen LogP contribution in [0.1, 0.15) is 39.3 Å². The van der Waals surface area contributed by atoms with E-state index in [2.05, 4.69) is 17.6 Å². The molecule has 2 N–H and O–H groups in total. The van der Waals surface area contributed by atoms with Gasteiger partial charge in [0.15, 0.2) is 0 Å². The molecule has 0 saturated heterocycles. The number of ether oxygens (including phenoxy) is 1. The number of rotatable bonds is 5. The molecule has 0 aliphatic rings. The van der Waals surface area contributed by atoms with Crippen molar-refractivity contribution in [2.75, 3.05) is 19.0 Å². The molecule has 0 aliphatic heterocycles. The molecule has 0 saturated carbocycles. The van der Waals surface area contributed by atoms with Crippen molar-refractivity contribution < 1.29 is 9.53 Å². The van der Waals surface area contributed by atoms with E-state index in [1.807, 2.05) is 52.1 Å². The minimum atomic E-state index is -0.302. The standard InChI is InChI=1S/C15H24N2O2/c1-11(16-5)12-6-8-13(9-7-12)17-14(18)10-19-15(2,3)4/h6-9,11,16H,10H2,1-5H3,(H,17,18). The molecule has 1 unspecified atom stereocenters. The fourth-order valence-corrected chi connectivity index (χ4v) is 1.50. The predicted molar refractivity (Wildman–Crippen MR) is 78.3 cm³/mol. The Morgan fingerprint density at radius 1 is 1.26 bits per heavy atom. The van der Waals surface area contributed by atoms with E-state index >= 15 is 0 Å². The van der Waals surface area contributed by atoms with E-state index in [0.717, 1.165) is 5.69 Å². The largest absolute Gasteiger partial charge is 0.366 e. The molecule has 4 nitrogen and oxygen atoms in total. The zero-order chi connectivity index (χ0) is 14.5. The van der Waals surface area contributed by atoms with E-state index in [1.54, 1.807) is 0 Å². The van der Waals surface area contributed by atoms with Gasteiger partial charge < -0.3 is 15.4 Å². The molecule has 0 bridgehead atoms. The Morgan fingerprint density at radius 2 is 1.84 bits per heavy atom. The first-order valence-electron chi connectivity index (χ1n) is 6.53. The average Bonchev–Trinajstić information content (AvgIpc) is 2.35. The second-order valence-electron chi connectivity index (χ2n) is 5.58. The lowest BCUT2D eigenvalue weighted by Gasteiger charge is -2.19. The van der Waals surface area contributed by atoms with Crippen molar-refractivity contribution in [3.05, 3.63) is 29.8 Å². The fourth-order valence-electron chi connectivity index (χ4n) is 1.50. The second-order valence-corrected chi connectivity index (χ2v) is 5.58. The Bertz CT molecular complexity index is 407. The number of amides is 1. The lowest BCUT2D eigenvalue weighted by atomic mass is 10.1. The third-order valence-electron chi connectivity index (χ3n) is 2.76. The molecular weight excluding hydrogens is 240 g/mol. The summed E-state index contributed by atoms with van der Waals surface area (Å²) < 4.78 is 5.42. The van der Waals surface area contributed by atoms with Gasteiger partial charge in [0.1, 0.15) is 6.61 Å². The molecule has 1 rings (SSSR count). The Hall–Kier alpha value is -1.39. The lowest BCUT2D eigenvalue weighted by molar-refractivity contribution is -0.125. The van der Waals surface area contributed by atoms with Crippen LogP contribution in [0.5, 0.6) is 0 Å². The summed E-state index contributed by atoms with van der Waals surface area (Å²) >= 11 is 0. The molecule has 0 heterocycles. The maximum absolute atomic E-state index is 11.7. The van der Waals surface area contributed by atoms with Crippen molar-refractivity contribution in [3.8, 4) is 0 Å². The molecule has 1 amide bonds. The zero-order valence-corrected chi connectivity index (χ0v) is 12.4. The smallest absolute Gasteiger partial charge is 0.250 e. The van der Waals surface area contributed by atoms with Crippen LogP contribution in [0.15, 0.2) is 24.3 Å². The first kappa shape index (κ1) is 15.7. The summed E-state index contributed by atoms with van der Waals surface area (Å²) in [6.07, 6.45) is 0. The monoisotopic (exact) mass is 264 g/mol. The normalized spacial score (nSPS) is 13.1. The highest BCUT2D eigenvalue weighted by molar-refractivity contribution is 5.91. The van der Waals surface area contributed by atoms with Gasteiger partial charge in [-0.15, -0.1) is 0 Å². The van der Waals surface area contributed by atoms with Gasteiger partial charge in [0.2, 0.25) is 5.91 Å². The second kappa shape index (κ2) is 6.68. The van der Waals surface area contributed by atoms with Gasteiger partial charge in [0.25, 0.3) is 0 Å². The molecule has 4 heteroatoms. The third-order valence-corrected chi connectivity index (χ3v) is 2.76. The fraction of sp³-hybridized carbons (Fsp3) is 0.533. The summed E-state index contributed by atoms with van der Waals surface area (Å²) in [5.41, 5.74) is 1.67. The number of benzene rings is 1. The van der Waals surface area contributed by atoms with Crippen LogP contribution in [-0.2, 0) is 9.53 Å². The molecular formula is C15H24N2O2. The van der Waals surface area contributed by atoms with Crippen molar-refractivity contribution in [1.29, 1.82) is 0 Å². The van der Waals surface area contributed by atoms with E-state index in [4.69, 9.17) is 4.74 Å². The number of nitrogens with one attached hydrogen (secondary N) is 2. The molecule has 0 aromatic heterocycles. The van der Waals surface area contributed by atoms with Gasteiger partial charge in [0.05, 0.1) is 5.60 Å². The molecule has 19 heavy (non-hydrogen) atoms. The van der Waals surface area contributed by atoms with Crippen LogP contribution in [0, 0.1) is 0 Å². The molecule has 1 atom stereocenters. The predicted octanol–water partition coefficient (Wildman–Crippen LogP) is 2.72. The highest BCUT2D eigenvalue weighted by Gasteiger charge is 2.13. The molecule has 1 aromatic rings. The lowest BCUT2D eigenvalue weighted by Crippen LogP contribution is -2.27. The Morgan fingerprint density at radius 3 is 2.32 bits per heavy atom. The summed E-state index contributed by atoms with van der Waals surface area (Å²) in [4.78, 5) is 11.7. The Labute approximate surface area is 115 Å². The molecule has 0 spiro atoms. The number of anilines is 1. The summed E-state index contributed by atoms with van der Waals surface area (Å²) in [7, 11) is 1.92. The van der Waals surface area contributed by atoms with Gasteiger partial charge in [-0.3, -0.25) is 4.79 Å². The van der Waals surface area contributed by atoms with Gasteiger partial charge in [-0.1, -0.05) is 12.1 Å². The van der Waals surface area contributed by atoms with Crippen LogP contribution < -0.4 is 10.6 Å². The number of hydrogen-bond donors (Lipinski definition) is 2. The molecule has 1 aromatic carbocycles. The van der Waals surface area contributed by atoms with Gasteiger partial charge >= 0.3 is 0 Å². The average molecular weight is 264 g/mol. The van der Waals surface area contributed by atoms with Gasteiger partial charge in [0, 0.05) is 11.7 Å². The number of carbonyl (C=O) groups excluding carboxylic acids is 1. The summed E-state index contributed by atoms with van der Waals surface area (Å²) in [6.45, 7) is 7.93. The SMILES string of the molecule is CNC(C)c1ccc(NC(=O)COC(C)(C)C)cc1. The first-order chi connectivity index (χ1) is 8.81. The van der Waals surface area contributed by atoms with Crippen LogP contribution in [0.3, 0.4) is 0 Å². The van der Waals surface area contributed by atoms with E-state index in [9.17, 15) is 4.79 Å². The van der Waals surface area contributed by atoms with Crippen molar-refractivity contribution in [2.45, 2.75) is 39.3 Å². The maximum atomic E-state index is 11.7. The van der Waals surface area contributed by atoms with Crippen LogP contribution in [0.25, 0.3) is 0 Å². The Kier molecular flexibility index (Phi) is 5.51. The number of carbonyl (C=O) groups is 1. The van der Waals surface area contributed by atoms with Crippen molar-refractivity contribution in [2.24, 2.45) is 0 Å². The molecule has 0 aliphatic carbocycles. The van der Waals surface area contributed by atoms with Crippen LogP contribution in [0.4, 0.5) is 5.69 Å². The quantitative estimate of drug-likeness (QED) is 0.859. The van der Waals surface area contributed by atoms with E-state index < -0.39 is 0 Å². The highest BCUT2D eigenvalue weighted by atomic mass is 16.5. The Balaban J connectivity index is 2.51.